The first kappa shape index (κ1) is 19.7. The number of hydrogen-bond donors (Lipinski definition) is 1. The summed E-state index contributed by atoms with van der Waals surface area (Å²) in [6.45, 7) is 3.41. The Morgan fingerprint density at radius 1 is 1.19 bits per heavy atom. The van der Waals surface area contributed by atoms with Gasteiger partial charge in [0.2, 0.25) is 15.8 Å². The van der Waals surface area contributed by atoms with Crippen molar-refractivity contribution in [1.29, 1.82) is 0 Å². The highest BCUT2D eigenvalue weighted by Gasteiger charge is 2.27. The van der Waals surface area contributed by atoms with Crippen LogP contribution in [0.1, 0.15) is 6.42 Å². The molecule has 1 aromatic heterocycles. The molecule has 2 N–H and O–H groups in total. The highest BCUT2D eigenvalue weighted by Crippen LogP contribution is 2.33. The lowest BCUT2D eigenvalue weighted by Crippen LogP contribution is -2.30. The number of methoxy groups -OCH3 is 1. The Labute approximate surface area is 163 Å². The van der Waals surface area contributed by atoms with E-state index >= 15 is 0 Å². The minimum absolute atomic E-state index is 0.0723. The molecule has 0 atom stereocenters. The van der Waals surface area contributed by atoms with Crippen molar-refractivity contribution in [3.63, 3.8) is 0 Å². The van der Waals surface area contributed by atoms with Gasteiger partial charge in [0.15, 0.2) is 0 Å². The molecule has 0 spiro atoms. The van der Waals surface area contributed by atoms with Crippen molar-refractivity contribution in [3.05, 3.63) is 29.4 Å². The van der Waals surface area contributed by atoms with E-state index in [0.717, 1.165) is 32.6 Å². The molecule has 2 aromatic rings. The van der Waals surface area contributed by atoms with E-state index in [4.69, 9.17) is 22.1 Å². The van der Waals surface area contributed by atoms with Crippen molar-refractivity contribution in [2.24, 2.45) is 0 Å². The summed E-state index contributed by atoms with van der Waals surface area (Å²) in [6.07, 6.45) is 2.22. The van der Waals surface area contributed by atoms with Crippen molar-refractivity contribution in [2.75, 3.05) is 51.0 Å². The average Bonchev–Trinajstić information content (AvgIpc) is 2.86. The van der Waals surface area contributed by atoms with Gasteiger partial charge in [0.05, 0.1) is 13.3 Å². The molecule has 1 saturated heterocycles. The number of benzene rings is 1. The van der Waals surface area contributed by atoms with Gasteiger partial charge >= 0.3 is 0 Å². The summed E-state index contributed by atoms with van der Waals surface area (Å²) in [7, 11) is -0.532. The molecule has 0 aliphatic carbocycles. The third kappa shape index (κ3) is 4.10. The van der Waals surface area contributed by atoms with Crippen molar-refractivity contribution in [3.8, 4) is 5.75 Å². The second-order valence-electron chi connectivity index (χ2n) is 6.36. The van der Waals surface area contributed by atoms with Gasteiger partial charge in [-0.1, -0.05) is 11.6 Å². The van der Waals surface area contributed by atoms with Crippen LogP contribution in [0.3, 0.4) is 0 Å². The van der Waals surface area contributed by atoms with Crippen molar-refractivity contribution in [1.82, 2.24) is 14.9 Å². The van der Waals surface area contributed by atoms with E-state index in [-0.39, 0.29) is 26.4 Å². The summed E-state index contributed by atoms with van der Waals surface area (Å²) < 4.78 is 31.3. The molecular weight excluding hydrogens is 390 g/mol. The highest BCUT2D eigenvalue weighted by atomic mass is 35.5. The molecule has 0 saturated carbocycles. The number of nitrogens with zero attached hydrogens (tertiary/aromatic N) is 4. The van der Waals surface area contributed by atoms with Gasteiger partial charge in [0, 0.05) is 24.7 Å². The first-order chi connectivity index (χ1) is 12.8. The molecule has 1 aliphatic heterocycles. The van der Waals surface area contributed by atoms with E-state index in [1.807, 2.05) is 4.90 Å². The lowest BCUT2D eigenvalue weighted by atomic mass is 10.3. The molecule has 1 fully saturated rings. The molecule has 27 heavy (non-hydrogen) atoms. The van der Waals surface area contributed by atoms with Crippen LogP contribution in [-0.2, 0) is 9.84 Å². The quantitative estimate of drug-likeness (QED) is 0.811. The van der Waals surface area contributed by atoms with E-state index in [9.17, 15) is 8.42 Å². The maximum atomic E-state index is 13.1. The standard InChI is InChI=1S/C17H22ClN5O3S/c1-22-6-3-7-23(9-8-22)17-20-11-15(16(19)21-17)27(24,25)14-10-12(18)4-5-13(14)26-2/h4-5,10-11H,3,6-9H2,1-2H3,(H2,19,20,21). The van der Waals surface area contributed by atoms with Gasteiger partial charge in [-0.25, -0.2) is 13.4 Å². The summed E-state index contributed by atoms with van der Waals surface area (Å²) in [5.74, 6) is 0.512. The summed E-state index contributed by atoms with van der Waals surface area (Å²) in [6, 6.07) is 4.38. The predicted molar refractivity (Wildman–Crippen MR) is 104 cm³/mol. The predicted octanol–water partition coefficient (Wildman–Crippen LogP) is 1.70. The van der Waals surface area contributed by atoms with Crippen LogP contribution in [0.15, 0.2) is 34.2 Å². The normalized spacial score (nSPS) is 16.2. The Hall–Kier alpha value is -2.10. The molecule has 0 radical (unpaired) electrons. The largest absolute Gasteiger partial charge is 0.495 e. The molecule has 1 aromatic carbocycles. The maximum Gasteiger partial charge on any atom is 0.227 e. The minimum Gasteiger partial charge on any atom is -0.495 e. The maximum absolute atomic E-state index is 13.1. The topological polar surface area (TPSA) is 102 Å². The molecule has 2 heterocycles. The van der Waals surface area contributed by atoms with Gasteiger partial charge in [-0.05, 0) is 38.2 Å². The number of likely N-dealkylation sites (N-methyl/N-ethyl adjacent to an activating group) is 1. The smallest absolute Gasteiger partial charge is 0.227 e. The third-order valence-corrected chi connectivity index (χ3v) is 6.50. The number of aromatic nitrogens is 2. The van der Waals surface area contributed by atoms with Crippen LogP contribution in [0.4, 0.5) is 11.8 Å². The fourth-order valence-corrected chi connectivity index (χ4v) is 4.64. The monoisotopic (exact) mass is 411 g/mol. The molecule has 0 unspecified atom stereocenters. The van der Waals surface area contributed by atoms with E-state index in [2.05, 4.69) is 21.9 Å². The number of hydrogen-bond acceptors (Lipinski definition) is 8. The molecule has 3 rings (SSSR count). The average molecular weight is 412 g/mol. The van der Waals surface area contributed by atoms with Gasteiger partial charge < -0.3 is 20.3 Å². The zero-order chi connectivity index (χ0) is 19.6. The molecular formula is C17H22ClN5O3S. The molecule has 0 amide bonds. The van der Waals surface area contributed by atoms with Crippen molar-refractivity contribution < 1.29 is 13.2 Å². The molecule has 8 nitrogen and oxygen atoms in total. The third-order valence-electron chi connectivity index (χ3n) is 4.48. The van der Waals surface area contributed by atoms with Crippen molar-refractivity contribution in [2.45, 2.75) is 16.2 Å². The Morgan fingerprint density at radius 3 is 2.67 bits per heavy atom. The zero-order valence-corrected chi connectivity index (χ0v) is 16.8. The SMILES string of the molecule is COc1ccc(Cl)cc1S(=O)(=O)c1cnc(N2CCCN(C)CC2)nc1N. The van der Waals surface area contributed by atoms with Gasteiger partial charge in [-0.2, -0.15) is 4.98 Å². The fraction of sp³-hybridized carbons (Fsp3) is 0.412. The summed E-state index contributed by atoms with van der Waals surface area (Å²) in [5.41, 5.74) is 6.01. The molecule has 1 aliphatic rings. The van der Waals surface area contributed by atoms with E-state index in [1.165, 1.54) is 25.4 Å². The number of ether oxygens (including phenoxy) is 1. The van der Waals surface area contributed by atoms with Crippen LogP contribution in [-0.4, -0.2) is 63.6 Å². The first-order valence-corrected chi connectivity index (χ1v) is 10.3. The number of halogens is 1. The van der Waals surface area contributed by atoms with Gasteiger partial charge in [0.1, 0.15) is 21.4 Å². The Balaban J connectivity index is 1.97. The van der Waals surface area contributed by atoms with Crippen LogP contribution in [0, 0.1) is 0 Å². The number of anilines is 2. The van der Waals surface area contributed by atoms with Crippen LogP contribution in [0.5, 0.6) is 5.75 Å². The van der Waals surface area contributed by atoms with Crippen LogP contribution in [0.25, 0.3) is 0 Å². The van der Waals surface area contributed by atoms with Crippen molar-refractivity contribution >= 4 is 33.2 Å². The van der Waals surface area contributed by atoms with Gasteiger partial charge in [-0.3, -0.25) is 0 Å². The summed E-state index contributed by atoms with van der Waals surface area (Å²) in [4.78, 5) is 12.5. The summed E-state index contributed by atoms with van der Waals surface area (Å²) >= 11 is 5.97. The Bertz CT molecular complexity index is 938. The van der Waals surface area contributed by atoms with Crippen LogP contribution in [0.2, 0.25) is 5.02 Å². The lowest BCUT2D eigenvalue weighted by molar-refractivity contribution is 0.360. The molecule has 146 valence electrons. The highest BCUT2D eigenvalue weighted by molar-refractivity contribution is 7.91. The van der Waals surface area contributed by atoms with Gasteiger partial charge in [0.25, 0.3) is 0 Å². The summed E-state index contributed by atoms with van der Waals surface area (Å²) in [5, 5.41) is 0.277. The van der Waals surface area contributed by atoms with E-state index < -0.39 is 9.84 Å². The van der Waals surface area contributed by atoms with Crippen LogP contribution >= 0.6 is 11.6 Å². The van der Waals surface area contributed by atoms with E-state index in [0.29, 0.717) is 5.95 Å². The minimum atomic E-state index is -3.98. The van der Waals surface area contributed by atoms with Gasteiger partial charge in [-0.15, -0.1) is 0 Å². The number of nitrogen functional groups attached to an aromatic ring is 1. The number of rotatable bonds is 4. The second kappa shape index (κ2) is 7.87. The van der Waals surface area contributed by atoms with E-state index in [1.54, 1.807) is 6.07 Å². The lowest BCUT2D eigenvalue weighted by Gasteiger charge is -2.21. The fourth-order valence-electron chi connectivity index (χ4n) is 2.96. The zero-order valence-electron chi connectivity index (χ0n) is 15.2. The van der Waals surface area contributed by atoms with Crippen LogP contribution < -0.4 is 15.4 Å². The first-order valence-electron chi connectivity index (χ1n) is 8.47. The number of sulfone groups is 1. The second-order valence-corrected chi connectivity index (χ2v) is 8.68. The Kier molecular flexibility index (Phi) is 5.73. The molecule has 0 bridgehead atoms. The number of nitrogens with two attached hydrogens (primary N) is 1. The molecule has 10 heteroatoms. The Morgan fingerprint density at radius 2 is 1.96 bits per heavy atom.